The van der Waals surface area contributed by atoms with Gasteiger partial charge < -0.3 is 19.7 Å². The number of ether oxygens (including phenoxy) is 2. The third-order valence-corrected chi connectivity index (χ3v) is 3.82. The van der Waals surface area contributed by atoms with Crippen molar-refractivity contribution in [1.82, 2.24) is 0 Å². The molecule has 0 fully saturated rings. The SMILES string of the molecule is COc1ccc(CCCc2ccc(O)cc2O)c(OC)c1C. The highest BCUT2D eigenvalue weighted by molar-refractivity contribution is 5.49. The van der Waals surface area contributed by atoms with Crippen LogP contribution in [0.5, 0.6) is 23.0 Å². The van der Waals surface area contributed by atoms with Crippen LogP contribution in [0.15, 0.2) is 30.3 Å². The van der Waals surface area contributed by atoms with Gasteiger partial charge in [-0.2, -0.15) is 0 Å². The summed E-state index contributed by atoms with van der Waals surface area (Å²) in [5.74, 6) is 1.89. The van der Waals surface area contributed by atoms with E-state index in [-0.39, 0.29) is 11.5 Å². The van der Waals surface area contributed by atoms with Gasteiger partial charge in [0.15, 0.2) is 0 Å². The fourth-order valence-electron chi connectivity index (χ4n) is 2.66. The number of rotatable bonds is 6. The highest BCUT2D eigenvalue weighted by Crippen LogP contribution is 2.32. The molecule has 0 radical (unpaired) electrons. The Hall–Kier alpha value is -2.36. The monoisotopic (exact) mass is 302 g/mol. The van der Waals surface area contributed by atoms with Gasteiger partial charge >= 0.3 is 0 Å². The molecule has 0 saturated carbocycles. The van der Waals surface area contributed by atoms with Crippen LogP contribution in [0.1, 0.15) is 23.1 Å². The quantitative estimate of drug-likeness (QED) is 0.856. The van der Waals surface area contributed by atoms with Crippen molar-refractivity contribution >= 4 is 0 Å². The molecule has 0 bridgehead atoms. The lowest BCUT2D eigenvalue weighted by Crippen LogP contribution is -1.99. The zero-order valence-electron chi connectivity index (χ0n) is 13.2. The molecule has 118 valence electrons. The van der Waals surface area contributed by atoms with E-state index in [1.165, 1.54) is 6.07 Å². The molecular formula is C18H22O4. The maximum Gasteiger partial charge on any atom is 0.128 e. The van der Waals surface area contributed by atoms with Gasteiger partial charge in [-0.3, -0.25) is 0 Å². The molecule has 2 aromatic carbocycles. The molecule has 0 atom stereocenters. The molecule has 4 nitrogen and oxygen atoms in total. The van der Waals surface area contributed by atoms with Gasteiger partial charge in [0.05, 0.1) is 14.2 Å². The molecule has 2 N–H and O–H groups in total. The van der Waals surface area contributed by atoms with Crippen molar-refractivity contribution in [1.29, 1.82) is 0 Å². The van der Waals surface area contributed by atoms with Crippen molar-refractivity contribution in [2.75, 3.05) is 14.2 Å². The fraction of sp³-hybridized carbons (Fsp3) is 0.333. The van der Waals surface area contributed by atoms with Crippen molar-refractivity contribution in [2.45, 2.75) is 26.2 Å². The lowest BCUT2D eigenvalue weighted by atomic mass is 10.0. The third kappa shape index (κ3) is 3.45. The predicted molar refractivity (Wildman–Crippen MR) is 86.1 cm³/mol. The van der Waals surface area contributed by atoms with Gasteiger partial charge in [-0.05, 0) is 49.4 Å². The lowest BCUT2D eigenvalue weighted by Gasteiger charge is -2.14. The average Bonchev–Trinajstić information content (AvgIpc) is 2.50. The van der Waals surface area contributed by atoms with Crippen LogP contribution in [0.25, 0.3) is 0 Å². The summed E-state index contributed by atoms with van der Waals surface area (Å²) in [6.07, 6.45) is 2.45. The summed E-state index contributed by atoms with van der Waals surface area (Å²) in [5, 5.41) is 19.1. The molecule has 0 amide bonds. The number of hydrogen-bond donors (Lipinski definition) is 2. The second kappa shape index (κ2) is 7.07. The van der Waals surface area contributed by atoms with Crippen LogP contribution < -0.4 is 9.47 Å². The number of aromatic hydroxyl groups is 2. The second-order valence-corrected chi connectivity index (χ2v) is 5.25. The number of phenols is 2. The van der Waals surface area contributed by atoms with E-state index in [1.54, 1.807) is 26.4 Å². The number of phenolic OH excluding ortho intramolecular Hbond substituents is 2. The van der Waals surface area contributed by atoms with Gasteiger partial charge in [-0.15, -0.1) is 0 Å². The van der Waals surface area contributed by atoms with E-state index in [2.05, 4.69) is 0 Å². The van der Waals surface area contributed by atoms with Crippen molar-refractivity contribution in [3.05, 3.63) is 47.0 Å². The van der Waals surface area contributed by atoms with Gasteiger partial charge in [0.25, 0.3) is 0 Å². The summed E-state index contributed by atoms with van der Waals surface area (Å²) < 4.78 is 10.8. The lowest BCUT2D eigenvalue weighted by molar-refractivity contribution is 0.385. The van der Waals surface area contributed by atoms with Gasteiger partial charge in [0, 0.05) is 11.6 Å². The van der Waals surface area contributed by atoms with E-state index in [0.717, 1.165) is 47.5 Å². The Bertz CT molecular complexity index is 650. The standard InChI is InChI=1S/C18H22O4/c1-12-17(21-2)10-8-14(18(12)22-3)6-4-5-13-7-9-15(19)11-16(13)20/h7-11,19-20H,4-6H2,1-3H3. The Morgan fingerprint density at radius 3 is 2.23 bits per heavy atom. The molecule has 0 unspecified atom stereocenters. The van der Waals surface area contributed by atoms with Gasteiger partial charge in [0.1, 0.15) is 23.0 Å². The van der Waals surface area contributed by atoms with E-state index < -0.39 is 0 Å². The molecule has 0 aliphatic carbocycles. The highest BCUT2D eigenvalue weighted by atomic mass is 16.5. The minimum atomic E-state index is 0.0775. The summed E-state index contributed by atoms with van der Waals surface area (Å²) in [5.41, 5.74) is 2.95. The minimum absolute atomic E-state index is 0.0775. The Balaban J connectivity index is 2.07. The first-order valence-electron chi connectivity index (χ1n) is 7.28. The van der Waals surface area contributed by atoms with Crippen molar-refractivity contribution < 1.29 is 19.7 Å². The Morgan fingerprint density at radius 2 is 1.59 bits per heavy atom. The largest absolute Gasteiger partial charge is 0.508 e. The maximum atomic E-state index is 9.80. The first-order valence-corrected chi connectivity index (χ1v) is 7.28. The zero-order chi connectivity index (χ0) is 16.1. The number of aryl methyl sites for hydroxylation is 2. The number of benzene rings is 2. The molecule has 22 heavy (non-hydrogen) atoms. The normalized spacial score (nSPS) is 10.5. The summed E-state index contributed by atoms with van der Waals surface area (Å²) in [4.78, 5) is 0. The minimum Gasteiger partial charge on any atom is -0.508 e. The summed E-state index contributed by atoms with van der Waals surface area (Å²) in [6, 6.07) is 8.67. The Morgan fingerprint density at radius 1 is 0.909 bits per heavy atom. The summed E-state index contributed by atoms with van der Waals surface area (Å²) >= 11 is 0. The molecular weight excluding hydrogens is 280 g/mol. The molecule has 0 aliphatic rings. The van der Waals surface area contributed by atoms with Crippen molar-refractivity contribution in [3.63, 3.8) is 0 Å². The van der Waals surface area contributed by atoms with Gasteiger partial charge in [0.2, 0.25) is 0 Å². The molecule has 2 rings (SSSR count). The Labute approximate surface area is 130 Å². The van der Waals surface area contributed by atoms with E-state index in [4.69, 9.17) is 9.47 Å². The van der Waals surface area contributed by atoms with Crippen LogP contribution >= 0.6 is 0 Å². The van der Waals surface area contributed by atoms with Crippen LogP contribution in [-0.2, 0) is 12.8 Å². The first kappa shape index (κ1) is 16.0. The zero-order valence-corrected chi connectivity index (χ0v) is 13.2. The summed E-state index contributed by atoms with van der Waals surface area (Å²) in [6.45, 7) is 1.98. The topological polar surface area (TPSA) is 58.9 Å². The van der Waals surface area contributed by atoms with Crippen LogP contribution in [0.4, 0.5) is 0 Å². The van der Waals surface area contributed by atoms with Crippen LogP contribution in [-0.4, -0.2) is 24.4 Å². The molecule has 4 heteroatoms. The van der Waals surface area contributed by atoms with Gasteiger partial charge in [-0.1, -0.05) is 12.1 Å². The van der Waals surface area contributed by atoms with E-state index in [9.17, 15) is 10.2 Å². The summed E-state index contributed by atoms with van der Waals surface area (Å²) in [7, 11) is 3.31. The predicted octanol–water partition coefficient (Wildman–Crippen LogP) is 3.60. The van der Waals surface area contributed by atoms with Crippen LogP contribution in [0.3, 0.4) is 0 Å². The smallest absolute Gasteiger partial charge is 0.128 e. The number of methoxy groups -OCH3 is 2. The van der Waals surface area contributed by atoms with Crippen molar-refractivity contribution in [3.8, 4) is 23.0 Å². The van der Waals surface area contributed by atoms with E-state index in [1.807, 2.05) is 19.1 Å². The third-order valence-electron chi connectivity index (χ3n) is 3.82. The Kier molecular flexibility index (Phi) is 5.15. The number of hydrogen-bond acceptors (Lipinski definition) is 4. The molecule has 2 aromatic rings. The first-order chi connectivity index (χ1) is 10.6. The highest BCUT2D eigenvalue weighted by Gasteiger charge is 2.11. The molecule has 0 aliphatic heterocycles. The van der Waals surface area contributed by atoms with Gasteiger partial charge in [-0.25, -0.2) is 0 Å². The van der Waals surface area contributed by atoms with Crippen LogP contribution in [0, 0.1) is 6.92 Å². The molecule has 0 heterocycles. The molecule has 0 aromatic heterocycles. The average molecular weight is 302 g/mol. The van der Waals surface area contributed by atoms with Crippen molar-refractivity contribution in [2.24, 2.45) is 0 Å². The molecule has 0 spiro atoms. The fourth-order valence-corrected chi connectivity index (χ4v) is 2.66. The maximum absolute atomic E-state index is 9.80. The second-order valence-electron chi connectivity index (χ2n) is 5.25. The van der Waals surface area contributed by atoms with E-state index >= 15 is 0 Å². The van der Waals surface area contributed by atoms with E-state index in [0.29, 0.717) is 0 Å². The molecule has 0 saturated heterocycles. The van der Waals surface area contributed by atoms with Crippen LogP contribution in [0.2, 0.25) is 0 Å².